The van der Waals surface area contributed by atoms with Crippen LogP contribution in [0, 0.1) is 0 Å². The molecule has 0 saturated heterocycles. The maximum Gasteiger partial charge on any atom is 0.419 e. The van der Waals surface area contributed by atoms with Crippen LogP contribution in [0.15, 0.2) is 65.1 Å². The Morgan fingerprint density at radius 2 is 1.16 bits per heavy atom. The number of carbonyl (C=O) groups is 2. The fraction of sp³-hybridized carbons (Fsp3) is 0.366. The number of hydrogen-bond donors (Lipinski definition) is 2. The third-order valence-corrected chi connectivity index (χ3v) is 9.98. The molecule has 0 aromatic heterocycles. The quantitative estimate of drug-likeness (QED) is 0.164. The zero-order valence-corrected chi connectivity index (χ0v) is 33.4. The molecule has 14 heteroatoms. The summed E-state index contributed by atoms with van der Waals surface area (Å²) in [6.07, 6.45) is -2.99. The predicted octanol–water partition coefficient (Wildman–Crippen LogP) is 8.45. The standard InChI is InChI=1S/C21H23F3N2O3.C20H23BrN2O3/c1-4-29-19-11-18(28-3)15(10-16(19)21(22,23)24)20(27)25-17-7-5-6-13-12-26(2)9-8-14(13)17;1-4-26-19-11-18(25-3)15(10-16(19)21)20(24)22-17-7-5-6-13-12-23(2)9-8-14(13)17/h5-7,10-11H,4,8-9,12H2,1-3H3,(H,25,27);5-7,10-11H,4,8-9,12H2,1-3H3,(H,22,24). The van der Waals surface area contributed by atoms with Crippen molar-refractivity contribution >= 4 is 39.1 Å². The second-order valence-electron chi connectivity index (χ2n) is 13.2. The molecule has 0 aliphatic carbocycles. The Labute approximate surface area is 328 Å². The summed E-state index contributed by atoms with van der Waals surface area (Å²) in [7, 11) is 6.97. The molecule has 2 aliphatic rings. The van der Waals surface area contributed by atoms with Gasteiger partial charge >= 0.3 is 6.18 Å². The molecular formula is C41H46BrF3N4O6. The Bertz CT molecular complexity index is 2030. The molecule has 0 spiro atoms. The number of alkyl halides is 3. The minimum absolute atomic E-state index is 0.0171. The minimum Gasteiger partial charge on any atom is -0.496 e. The Hall–Kier alpha value is -4.79. The molecule has 4 aromatic carbocycles. The van der Waals surface area contributed by atoms with Gasteiger partial charge in [-0.3, -0.25) is 9.59 Å². The molecule has 6 rings (SSSR count). The molecule has 294 valence electrons. The SMILES string of the molecule is CCOc1cc(OC)c(C(=O)Nc2cccc3c2CCN(C)C3)cc1Br.CCOc1cc(OC)c(C(=O)Nc2cccc3c2CCN(C)C3)cc1C(F)(F)F. The molecule has 55 heavy (non-hydrogen) atoms. The lowest BCUT2D eigenvalue weighted by Gasteiger charge is -2.27. The summed E-state index contributed by atoms with van der Waals surface area (Å²) in [4.78, 5) is 30.2. The maximum absolute atomic E-state index is 13.5. The number of nitrogens with zero attached hydrogens (tertiary/aromatic N) is 2. The van der Waals surface area contributed by atoms with E-state index < -0.39 is 17.6 Å². The Balaban J connectivity index is 0.000000212. The molecule has 2 amide bonds. The van der Waals surface area contributed by atoms with Crippen molar-refractivity contribution in [2.24, 2.45) is 0 Å². The number of methoxy groups -OCH3 is 2. The fourth-order valence-electron chi connectivity index (χ4n) is 6.67. The van der Waals surface area contributed by atoms with Gasteiger partial charge < -0.3 is 39.4 Å². The van der Waals surface area contributed by atoms with Crippen molar-refractivity contribution in [1.82, 2.24) is 9.80 Å². The predicted molar refractivity (Wildman–Crippen MR) is 210 cm³/mol. The number of anilines is 2. The highest BCUT2D eigenvalue weighted by atomic mass is 79.9. The maximum atomic E-state index is 13.5. The summed E-state index contributed by atoms with van der Waals surface area (Å²) in [6.45, 7) is 7.57. The zero-order valence-electron chi connectivity index (χ0n) is 31.8. The number of rotatable bonds is 10. The highest BCUT2D eigenvalue weighted by Crippen LogP contribution is 2.41. The molecule has 2 heterocycles. The molecule has 0 unspecified atom stereocenters. The van der Waals surface area contributed by atoms with Crippen molar-refractivity contribution in [3.63, 3.8) is 0 Å². The molecule has 0 radical (unpaired) electrons. The van der Waals surface area contributed by atoms with E-state index in [-0.39, 0.29) is 29.6 Å². The van der Waals surface area contributed by atoms with E-state index in [0.717, 1.165) is 72.4 Å². The highest BCUT2D eigenvalue weighted by molar-refractivity contribution is 9.10. The molecule has 2 N–H and O–H groups in total. The largest absolute Gasteiger partial charge is 0.496 e. The second-order valence-corrected chi connectivity index (χ2v) is 14.0. The lowest BCUT2D eigenvalue weighted by atomic mass is 9.98. The summed E-state index contributed by atoms with van der Waals surface area (Å²) >= 11 is 3.47. The van der Waals surface area contributed by atoms with Crippen LogP contribution in [0.2, 0.25) is 0 Å². The molecule has 0 saturated carbocycles. The number of hydrogen-bond acceptors (Lipinski definition) is 8. The highest BCUT2D eigenvalue weighted by Gasteiger charge is 2.36. The van der Waals surface area contributed by atoms with Gasteiger partial charge in [-0.1, -0.05) is 24.3 Å². The number of ether oxygens (including phenoxy) is 4. The number of carbonyl (C=O) groups excluding carboxylic acids is 2. The number of likely N-dealkylation sites (N-methyl/N-ethyl adjacent to an activating group) is 2. The normalized spacial score (nSPS) is 14.1. The Morgan fingerprint density at radius 3 is 1.62 bits per heavy atom. The van der Waals surface area contributed by atoms with Crippen LogP contribution in [0.4, 0.5) is 24.5 Å². The lowest BCUT2D eigenvalue weighted by molar-refractivity contribution is -0.138. The first-order valence-electron chi connectivity index (χ1n) is 17.9. The van der Waals surface area contributed by atoms with Crippen LogP contribution >= 0.6 is 15.9 Å². The van der Waals surface area contributed by atoms with E-state index in [0.29, 0.717) is 29.4 Å². The third kappa shape index (κ3) is 9.91. The van der Waals surface area contributed by atoms with E-state index in [4.69, 9.17) is 18.9 Å². The van der Waals surface area contributed by atoms with E-state index in [2.05, 4.69) is 49.5 Å². The zero-order chi connectivity index (χ0) is 39.9. The first-order chi connectivity index (χ1) is 26.3. The van der Waals surface area contributed by atoms with Gasteiger partial charge in [0.05, 0.1) is 48.6 Å². The molecule has 2 aliphatic heterocycles. The second kappa shape index (κ2) is 18.2. The van der Waals surface area contributed by atoms with Crippen molar-refractivity contribution < 1.29 is 41.7 Å². The van der Waals surface area contributed by atoms with E-state index in [1.54, 1.807) is 32.2 Å². The number of nitrogens with one attached hydrogen (secondary N) is 2. The van der Waals surface area contributed by atoms with Crippen LogP contribution in [0.5, 0.6) is 23.0 Å². The molecule has 0 bridgehead atoms. The van der Waals surface area contributed by atoms with Crippen molar-refractivity contribution in [2.75, 3.05) is 65.3 Å². The van der Waals surface area contributed by atoms with Gasteiger partial charge in [0.25, 0.3) is 11.8 Å². The monoisotopic (exact) mass is 826 g/mol. The third-order valence-electron chi connectivity index (χ3n) is 9.36. The summed E-state index contributed by atoms with van der Waals surface area (Å²) < 4.78 is 62.4. The van der Waals surface area contributed by atoms with Gasteiger partial charge in [-0.25, -0.2) is 0 Å². The topological polar surface area (TPSA) is 102 Å². The van der Waals surface area contributed by atoms with Crippen LogP contribution in [0.1, 0.15) is 62.4 Å². The number of benzene rings is 4. The van der Waals surface area contributed by atoms with Gasteiger partial charge in [-0.05, 0) is 103 Å². The fourth-order valence-corrected chi connectivity index (χ4v) is 7.12. The van der Waals surface area contributed by atoms with Gasteiger partial charge in [0.1, 0.15) is 23.0 Å². The minimum atomic E-state index is -4.66. The van der Waals surface area contributed by atoms with E-state index in [9.17, 15) is 22.8 Å². The van der Waals surface area contributed by atoms with E-state index in [1.165, 1.54) is 18.2 Å². The first kappa shape index (κ1) is 41.4. The average Bonchev–Trinajstić information content (AvgIpc) is 3.15. The van der Waals surface area contributed by atoms with Crippen molar-refractivity contribution in [3.8, 4) is 23.0 Å². The van der Waals surface area contributed by atoms with Crippen LogP contribution in [-0.2, 0) is 32.1 Å². The van der Waals surface area contributed by atoms with Crippen molar-refractivity contribution in [3.05, 3.63) is 104 Å². The smallest absolute Gasteiger partial charge is 0.419 e. The summed E-state index contributed by atoms with van der Waals surface area (Å²) in [6, 6.07) is 17.0. The lowest BCUT2D eigenvalue weighted by Crippen LogP contribution is -2.27. The Kier molecular flexibility index (Phi) is 13.7. The van der Waals surface area contributed by atoms with Crippen molar-refractivity contribution in [1.29, 1.82) is 0 Å². The van der Waals surface area contributed by atoms with Crippen LogP contribution in [-0.4, -0.2) is 76.2 Å². The van der Waals surface area contributed by atoms with Crippen LogP contribution in [0.25, 0.3) is 0 Å². The summed E-state index contributed by atoms with van der Waals surface area (Å²) in [5, 5.41) is 5.82. The average molecular weight is 828 g/mol. The van der Waals surface area contributed by atoms with Crippen molar-refractivity contribution in [2.45, 2.75) is 46.0 Å². The Morgan fingerprint density at radius 1 is 0.709 bits per heavy atom. The number of amides is 2. The van der Waals surface area contributed by atoms with Gasteiger partial charge in [-0.2, -0.15) is 13.2 Å². The van der Waals surface area contributed by atoms with Gasteiger partial charge in [0, 0.05) is 49.7 Å². The van der Waals surface area contributed by atoms with Crippen LogP contribution < -0.4 is 29.6 Å². The van der Waals surface area contributed by atoms with Gasteiger partial charge in [-0.15, -0.1) is 0 Å². The summed E-state index contributed by atoms with van der Waals surface area (Å²) in [5.74, 6) is -0.0719. The van der Waals surface area contributed by atoms with Crippen LogP contribution in [0.3, 0.4) is 0 Å². The molecule has 0 atom stereocenters. The summed E-state index contributed by atoms with van der Waals surface area (Å²) in [5.41, 5.74) is 5.28. The number of fused-ring (bicyclic) bond motifs is 2. The number of halogens is 4. The van der Waals surface area contributed by atoms with Gasteiger partial charge in [0.15, 0.2) is 0 Å². The first-order valence-corrected chi connectivity index (χ1v) is 18.7. The van der Waals surface area contributed by atoms with E-state index >= 15 is 0 Å². The van der Waals surface area contributed by atoms with E-state index in [1.807, 2.05) is 38.2 Å². The van der Waals surface area contributed by atoms with Gasteiger partial charge in [0.2, 0.25) is 0 Å². The molecule has 0 fully saturated rings. The molecule has 4 aromatic rings. The molecular weight excluding hydrogens is 781 g/mol. The molecule has 10 nitrogen and oxygen atoms in total.